The second-order valence-corrected chi connectivity index (χ2v) is 8.69. The Morgan fingerprint density at radius 3 is 2.58 bits per heavy atom. The molecule has 0 aromatic heterocycles. The van der Waals surface area contributed by atoms with Gasteiger partial charge in [0.15, 0.2) is 0 Å². The summed E-state index contributed by atoms with van der Waals surface area (Å²) in [4.78, 5) is 28.6. The van der Waals surface area contributed by atoms with Gasteiger partial charge in [0, 0.05) is 35.5 Å². The second-order valence-electron chi connectivity index (χ2n) is 7.60. The molecule has 1 aliphatic heterocycles. The number of anilines is 2. The summed E-state index contributed by atoms with van der Waals surface area (Å²) >= 11 is 1.57. The Kier molecular flexibility index (Phi) is 8.43. The zero-order valence-electron chi connectivity index (χ0n) is 17.9. The zero-order chi connectivity index (χ0) is 22.1. The predicted octanol–water partition coefficient (Wildman–Crippen LogP) is 5.91. The van der Waals surface area contributed by atoms with Crippen LogP contribution in [0.1, 0.15) is 55.3 Å². The highest BCUT2D eigenvalue weighted by Gasteiger charge is 2.24. The Balaban J connectivity index is 1.49. The van der Waals surface area contributed by atoms with Gasteiger partial charge in [0.1, 0.15) is 0 Å². The van der Waals surface area contributed by atoms with Gasteiger partial charge in [0.2, 0.25) is 0 Å². The fraction of sp³-hybridized carbons (Fsp3) is 0.360. The molecule has 0 bridgehead atoms. The summed E-state index contributed by atoms with van der Waals surface area (Å²) in [7, 11) is 1.76. The van der Waals surface area contributed by atoms with Crippen molar-refractivity contribution >= 4 is 35.1 Å². The van der Waals surface area contributed by atoms with Crippen molar-refractivity contribution in [1.29, 1.82) is 0 Å². The molecule has 162 valence electrons. The number of urea groups is 1. The van der Waals surface area contributed by atoms with E-state index in [1.54, 1.807) is 23.7 Å². The van der Waals surface area contributed by atoms with E-state index in [4.69, 9.17) is 6.42 Å². The average Bonchev–Trinajstić information content (AvgIpc) is 2.88. The van der Waals surface area contributed by atoms with Crippen molar-refractivity contribution in [3.63, 3.8) is 0 Å². The van der Waals surface area contributed by atoms with E-state index in [-0.39, 0.29) is 11.9 Å². The van der Waals surface area contributed by atoms with E-state index in [2.05, 4.69) is 16.6 Å². The van der Waals surface area contributed by atoms with Crippen molar-refractivity contribution in [3.05, 3.63) is 48.0 Å². The molecule has 2 aromatic carbocycles. The van der Waals surface area contributed by atoms with E-state index in [0.29, 0.717) is 17.8 Å². The monoisotopic (exact) mass is 435 g/mol. The molecule has 0 fully saturated rings. The number of benzene rings is 2. The Morgan fingerprint density at radius 1 is 1.03 bits per heavy atom. The number of rotatable bonds is 9. The maximum atomic E-state index is 12.8. The molecule has 0 aliphatic carbocycles. The number of carbonyl (C=O) groups is 2. The molecule has 2 N–H and O–H groups in total. The van der Waals surface area contributed by atoms with E-state index in [0.717, 1.165) is 41.2 Å². The SMILES string of the molecule is C#CCCCCCCCCNC(=O)Nc1ccc2c(c1)N(C)C(=O)c1ccccc1S2. The molecule has 31 heavy (non-hydrogen) atoms. The van der Waals surface area contributed by atoms with Crippen LogP contribution in [-0.2, 0) is 0 Å². The fourth-order valence-corrected chi connectivity index (χ4v) is 4.61. The summed E-state index contributed by atoms with van der Waals surface area (Å²) in [6.07, 6.45) is 12.8. The lowest BCUT2D eigenvalue weighted by atomic mass is 10.1. The number of hydrogen-bond donors (Lipinski definition) is 2. The van der Waals surface area contributed by atoms with Gasteiger partial charge in [0.05, 0.1) is 11.3 Å². The Morgan fingerprint density at radius 2 is 1.77 bits per heavy atom. The van der Waals surface area contributed by atoms with Crippen LogP contribution in [0.15, 0.2) is 52.3 Å². The minimum atomic E-state index is -0.229. The van der Waals surface area contributed by atoms with Crippen LogP contribution in [0.3, 0.4) is 0 Å². The summed E-state index contributed by atoms with van der Waals surface area (Å²) in [5.41, 5.74) is 2.14. The van der Waals surface area contributed by atoms with Crippen LogP contribution < -0.4 is 15.5 Å². The third-order valence-electron chi connectivity index (χ3n) is 5.25. The highest BCUT2D eigenvalue weighted by molar-refractivity contribution is 7.99. The molecule has 6 heteroatoms. The Hall–Kier alpha value is -2.91. The van der Waals surface area contributed by atoms with E-state index in [1.807, 2.05) is 42.5 Å². The second kappa shape index (κ2) is 11.5. The molecule has 0 spiro atoms. The van der Waals surface area contributed by atoms with Crippen molar-refractivity contribution in [2.24, 2.45) is 0 Å². The zero-order valence-corrected chi connectivity index (χ0v) is 18.8. The first-order chi connectivity index (χ1) is 15.1. The van der Waals surface area contributed by atoms with E-state index in [1.165, 1.54) is 19.3 Å². The lowest BCUT2D eigenvalue weighted by molar-refractivity contribution is 0.0990. The largest absolute Gasteiger partial charge is 0.338 e. The van der Waals surface area contributed by atoms with E-state index in [9.17, 15) is 9.59 Å². The number of fused-ring (bicyclic) bond motifs is 2. The standard InChI is InChI=1S/C25H29N3O2S/c1-3-4-5-6-7-8-9-12-17-26-25(30)27-19-15-16-23-21(18-19)28(2)24(29)20-13-10-11-14-22(20)31-23/h1,10-11,13-16,18H,4-9,12,17H2,2H3,(H2,26,27,30). The lowest BCUT2D eigenvalue weighted by Gasteiger charge is -2.18. The predicted molar refractivity (Wildman–Crippen MR) is 128 cm³/mol. The smallest absolute Gasteiger partial charge is 0.319 e. The molecule has 1 heterocycles. The fourth-order valence-electron chi connectivity index (χ4n) is 3.52. The molecule has 5 nitrogen and oxygen atoms in total. The number of nitrogens with zero attached hydrogens (tertiary/aromatic N) is 1. The number of carbonyl (C=O) groups excluding carboxylic acids is 2. The number of unbranched alkanes of at least 4 members (excludes halogenated alkanes) is 6. The molecule has 1 aliphatic rings. The van der Waals surface area contributed by atoms with Gasteiger partial charge in [-0.1, -0.05) is 49.6 Å². The number of terminal acetylenes is 1. The number of amides is 3. The molecule has 0 radical (unpaired) electrons. The number of hydrogen-bond acceptors (Lipinski definition) is 3. The summed E-state index contributed by atoms with van der Waals surface area (Å²) < 4.78 is 0. The topological polar surface area (TPSA) is 61.4 Å². The highest BCUT2D eigenvalue weighted by Crippen LogP contribution is 2.41. The molecule has 0 atom stereocenters. The molecule has 0 saturated carbocycles. The van der Waals surface area contributed by atoms with Crippen LogP contribution in [0.5, 0.6) is 0 Å². The van der Waals surface area contributed by atoms with Crippen molar-refractivity contribution in [2.75, 3.05) is 23.8 Å². The van der Waals surface area contributed by atoms with Crippen molar-refractivity contribution in [3.8, 4) is 12.3 Å². The van der Waals surface area contributed by atoms with Crippen molar-refractivity contribution in [2.45, 2.75) is 54.7 Å². The van der Waals surface area contributed by atoms with E-state index < -0.39 is 0 Å². The van der Waals surface area contributed by atoms with Crippen molar-refractivity contribution < 1.29 is 9.59 Å². The van der Waals surface area contributed by atoms with Crippen LogP contribution in [0.25, 0.3) is 0 Å². The summed E-state index contributed by atoms with van der Waals surface area (Å²) in [6, 6.07) is 13.0. The van der Waals surface area contributed by atoms with Gasteiger partial charge < -0.3 is 15.5 Å². The van der Waals surface area contributed by atoms with Crippen LogP contribution in [0.4, 0.5) is 16.2 Å². The van der Waals surface area contributed by atoms with Gasteiger partial charge in [-0.25, -0.2) is 4.79 Å². The van der Waals surface area contributed by atoms with Gasteiger partial charge in [-0.05, 0) is 43.2 Å². The third kappa shape index (κ3) is 6.28. The molecule has 0 unspecified atom stereocenters. The summed E-state index contributed by atoms with van der Waals surface area (Å²) in [5, 5.41) is 5.78. The lowest BCUT2D eigenvalue weighted by Crippen LogP contribution is -2.30. The van der Waals surface area contributed by atoms with Gasteiger partial charge in [-0.2, -0.15) is 0 Å². The Bertz CT molecular complexity index is 967. The van der Waals surface area contributed by atoms with Crippen LogP contribution in [0.2, 0.25) is 0 Å². The molecule has 3 amide bonds. The minimum absolute atomic E-state index is 0.0530. The molecule has 3 rings (SSSR count). The maximum Gasteiger partial charge on any atom is 0.319 e. The van der Waals surface area contributed by atoms with Crippen LogP contribution >= 0.6 is 11.8 Å². The van der Waals surface area contributed by atoms with Gasteiger partial charge in [-0.15, -0.1) is 12.3 Å². The van der Waals surface area contributed by atoms with Gasteiger partial charge in [-0.3, -0.25) is 4.79 Å². The van der Waals surface area contributed by atoms with Crippen LogP contribution in [-0.4, -0.2) is 25.5 Å². The minimum Gasteiger partial charge on any atom is -0.338 e. The van der Waals surface area contributed by atoms with E-state index >= 15 is 0 Å². The first-order valence-corrected chi connectivity index (χ1v) is 11.6. The third-order valence-corrected chi connectivity index (χ3v) is 6.39. The molecular formula is C25H29N3O2S. The molecule has 2 aromatic rings. The van der Waals surface area contributed by atoms with Gasteiger partial charge >= 0.3 is 6.03 Å². The number of nitrogens with one attached hydrogen (secondary N) is 2. The Labute approximate surface area is 189 Å². The first-order valence-electron chi connectivity index (χ1n) is 10.8. The molecular weight excluding hydrogens is 406 g/mol. The molecule has 0 saturated heterocycles. The highest BCUT2D eigenvalue weighted by atomic mass is 32.2. The normalized spacial score (nSPS) is 12.4. The first kappa shape index (κ1) is 22.8. The van der Waals surface area contributed by atoms with Crippen molar-refractivity contribution in [1.82, 2.24) is 5.32 Å². The van der Waals surface area contributed by atoms with Crippen LogP contribution in [0, 0.1) is 12.3 Å². The quantitative estimate of drug-likeness (QED) is 0.380. The maximum absolute atomic E-state index is 12.8. The summed E-state index contributed by atoms with van der Waals surface area (Å²) in [6.45, 7) is 0.644. The van der Waals surface area contributed by atoms with Gasteiger partial charge in [0.25, 0.3) is 5.91 Å². The average molecular weight is 436 g/mol. The summed E-state index contributed by atoms with van der Waals surface area (Å²) in [5.74, 6) is 2.61.